The second kappa shape index (κ2) is 6.66. The first kappa shape index (κ1) is 14.0. The summed E-state index contributed by atoms with van der Waals surface area (Å²) in [6.45, 7) is 5.45. The number of hydrogen-bond acceptors (Lipinski definition) is 4. The number of nitrogens with zero attached hydrogens (tertiary/aromatic N) is 2. The molecule has 1 saturated heterocycles. The molecule has 0 saturated carbocycles. The number of aromatic nitrogens is 1. The molecule has 4 heteroatoms. The fourth-order valence-corrected chi connectivity index (χ4v) is 2.61. The third-order valence-electron chi connectivity index (χ3n) is 3.81. The zero-order valence-corrected chi connectivity index (χ0v) is 11.8. The van der Waals surface area contributed by atoms with E-state index in [2.05, 4.69) is 21.5 Å². The summed E-state index contributed by atoms with van der Waals surface area (Å²) in [6.07, 6.45) is 5.48. The molecule has 1 fully saturated rings. The Bertz CT molecular complexity index is 417. The number of piperidine rings is 1. The lowest BCUT2D eigenvalue weighted by Gasteiger charge is -2.31. The minimum Gasteiger partial charge on any atom is -0.465 e. The van der Waals surface area contributed by atoms with Crippen molar-refractivity contribution in [2.75, 3.05) is 20.2 Å². The van der Waals surface area contributed by atoms with Crippen molar-refractivity contribution in [2.45, 2.75) is 32.7 Å². The van der Waals surface area contributed by atoms with E-state index in [-0.39, 0.29) is 5.97 Å². The Labute approximate surface area is 114 Å². The molecular formula is C15H22N2O2. The van der Waals surface area contributed by atoms with Crippen LogP contribution in [0.1, 0.15) is 42.2 Å². The van der Waals surface area contributed by atoms with Crippen molar-refractivity contribution in [3.05, 3.63) is 29.6 Å². The molecule has 0 bridgehead atoms. The van der Waals surface area contributed by atoms with E-state index >= 15 is 0 Å². The Morgan fingerprint density at radius 1 is 1.53 bits per heavy atom. The van der Waals surface area contributed by atoms with Gasteiger partial charge < -0.3 is 4.74 Å². The molecule has 4 nitrogen and oxygen atoms in total. The Hall–Kier alpha value is -1.42. The van der Waals surface area contributed by atoms with Gasteiger partial charge in [0.25, 0.3) is 0 Å². The highest BCUT2D eigenvalue weighted by Crippen LogP contribution is 2.20. The number of carbonyl (C=O) groups is 1. The molecule has 1 aromatic heterocycles. The van der Waals surface area contributed by atoms with Crippen molar-refractivity contribution in [3.8, 4) is 0 Å². The highest BCUT2D eigenvalue weighted by atomic mass is 16.5. The fourth-order valence-electron chi connectivity index (χ4n) is 2.61. The number of esters is 1. The normalized spacial score (nSPS) is 20.2. The summed E-state index contributed by atoms with van der Waals surface area (Å²) in [6, 6.07) is 3.71. The summed E-state index contributed by atoms with van der Waals surface area (Å²) >= 11 is 0. The summed E-state index contributed by atoms with van der Waals surface area (Å²) in [7, 11) is 1.38. The molecule has 0 amide bonds. The molecule has 0 spiro atoms. The van der Waals surface area contributed by atoms with E-state index in [0.29, 0.717) is 5.56 Å². The van der Waals surface area contributed by atoms with Crippen molar-refractivity contribution < 1.29 is 9.53 Å². The number of hydrogen-bond donors (Lipinski definition) is 0. The van der Waals surface area contributed by atoms with Crippen molar-refractivity contribution >= 4 is 5.97 Å². The molecule has 1 aliphatic rings. The number of carbonyl (C=O) groups excluding carboxylic acids is 1. The van der Waals surface area contributed by atoms with Gasteiger partial charge in [-0.2, -0.15) is 0 Å². The van der Waals surface area contributed by atoms with E-state index < -0.39 is 0 Å². The first-order valence-corrected chi connectivity index (χ1v) is 6.98. The van der Waals surface area contributed by atoms with Crippen molar-refractivity contribution in [1.29, 1.82) is 0 Å². The van der Waals surface area contributed by atoms with Crippen LogP contribution >= 0.6 is 0 Å². The van der Waals surface area contributed by atoms with Crippen LogP contribution in [0.15, 0.2) is 18.3 Å². The topological polar surface area (TPSA) is 42.4 Å². The highest BCUT2D eigenvalue weighted by Gasteiger charge is 2.18. The second-order valence-corrected chi connectivity index (χ2v) is 5.18. The lowest BCUT2D eigenvalue weighted by molar-refractivity contribution is 0.0600. The quantitative estimate of drug-likeness (QED) is 0.782. The predicted octanol–water partition coefficient (Wildman–Crippen LogP) is 2.49. The summed E-state index contributed by atoms with van der Waals surface area (Å²) in [5, 5.41) is 0. The van der Waals surface area contributed by atoms with Crippen LogP contribution in [-0.4, -0.2) is 36.1 Å². The first-order chi connectivity index (χ1) is 9.22. The van der Waals surface area contributed by atoms with E-state index in [9.17, 15) is 4.79 Å². The average Bonchev–Trinajstić information content (AvgIpc) is 2.47. The lowest BCUT2D eigenvalue weighted by atomic mass is 9.95. The van der Waals surface area contributed by atoms with Gasteiger partial charge in [-0.1, -0.05) is 13.3 Å². The van der Waals surface area contributed by atoms with Gasteiger partial charge in [0.15, 0.2) is 0 Å². The summed E-state index contributed by atoms with van der Waals surface area (Å²) in [5.41, 5.74) is 1.53. The van der Waals surface area contributed by atoms with Crippen LogP contribution in [-0.2, 0) is 11.3 Å². The molecule has 1 atom stereocenters. The molecule has 1 aromatic rings. The van der Waals surface area contributed by atoms with Gasteiger partial charge in [-0.3, -0.25) is 9.88 Å². The van der Waals surface area contributed by atoms with E-state index in [1.807, 2.05) is 6.07 Å². The van der Waals surface area contributed by atoms with Gasteiger partial charge in [-0.15, -0.1) is 0 Å². The highest BCUT2D eigenvalue weighted by molar-refractivity contribution is 5.88. The first-order valence-electron chi connectivity index (χ1n) is 6.98. The molecule has 0 radical (unpaired) electrons. The Kier molecular flexibility index (Phi) is 4.91. The molecular weight excluding hydrogens is 240 g/mol. The van der Waals surface area contributed by atoms with Gasteiger partial charge in [-0.25, -0.2) is 4.79 Å². The number of methoxy groups -OCH3 is 1. The van der Waals surface area contributed by atoms with Gasteiger partial charge >= 0.3 is 5.97 Å². The zero-order chi connectivity index (χ0) is 13.7. The number of ether oxygens (including phenoxy) is 1. The van der Waals surface area contributed by atoms with Crippen LogP contribution < -0.4 is 0 Å². The standard InChI is InChI=1S/C15H22N2O2/c1-3-12-5-4-8-17(10-12)11-14-7-6-13(9-16-14)15(18)19-2/h6-7,9,12H,3-5,8,10-11H2,1-2H3. The smallest absolute Gasteiger partial charge is 0.339 e. The van der Waals surface area contributed by atoms with Gasteiger partial charge in [0.1, 0.15) is 0 Å². The Morgan fingerprint density at radius 2 is 2.37 bits per heavy atom. The summed E-state index contributed by atoms with van der Waals surface area (Å²) in [5.74, 6) is 0.492. The molecule has 104 valence electrons. The molecule has 0 N–H and O–H groups in total. The van der Waals surface area contributed by atoms with Crippen molar-refractivity contribution in [1.82, 2.24) is 9.88 Å². The second-order valence-electron chi connectivity index (χ2n) is 5.18. The minimum atomic E-state index is -0.330. The average molecular weight is 262 g/mol. The maximum atomic E-state index is 11.3. The van der Waals surface area contributed by atoms with Crippen LogP contribution in [0.3, 0.4) is 0 Å². The molecule has 1 aliphatic heterocycles. The lowest BCUT2D eigenvalue weighted by Crippen LogP contribution is -2.34. The predicted molar refractivity (Wildman–Crippen MR) is 73.9 cm³/mol. The molecule has 2 heterocycles. The van der Waals surface area contributed by atoms with Crippen LogP contribution in [0, 0.1) is 5.92 Å². The van der Waals surface area contributed by atoms with Gasteiger partial charge in [0.05, 0.1) is 18.4 Å². The zero-order valence-electron chi connectivity index (χ0n) is 11.8. The van der Waals surface area contributed by atoms with E-state index in [1.165, 1.54) is 26.4 Å². The molecule has 0 aliphatic carbocycles. The molecule has 0 aromatic carbocycles. The maximum Gasteiger partial charge on any atom is 0.339 e. The summed E-state index contributed by atoms with van der Waals surface area (Å²) in [4.78, 5) is 18.1. The van der Waals surface area contributed by atoms with Crippen LogP contribution in [0.2, 0.25) is 0 Å². The third kappa shape index (κ3) is 3.77. The number of rotatable bonds is 4. The van der Waals surface area contributed by atoms with Crippen LogP contribution in [0.5, 0.6) is 0 Å². The van der Waals surface area contributed by atoms with Gasteiger partial charge in [-0.05, 0) is 37.4 Å². The molecule has 2 rings (SSSR count). The Balaban J connectivity index is 1.94. The third-order valence-corrected chi connectivity index (χ3v) is 3.81. The maximum absolute atomic E-state index is 11.3. The van der Waals surface area contributed by atoms with E-state index in [0.717, 1.165) is 31.2 Å². The monoisotopic (exact) mass is 262 g/mol. The van der Waals surface area contributed by atoms with Crippen LogP contribution in [0.4, 0.5) is 0 Å². The van der Waals surface area contributed by atoms with Gasteiger partial charge in [0.2, 0.25) is 0 Å². The molecule has 1 unspecified atom stereocenters. The van der Waals surface area contributed by atoms with Crippen molar-refractivity contribution in [2.24, 2.45) is 5.92 Å². The fraction of sp³-hybridized carbons (Fsp3) is 0.600. The molecule has 19 heavy (non-hydrogen) atoms. The van der Waals surface area contributed by atoms with Crippen LogP contribution in [0.25, 0.3) is 0 Å². The number of likely N-dealkylation sites (tertiary alicyclic amines) is 1. The van der Waals surface area contributed by atoms with Crippen molar-refractivity contribution in [3.63, 3.8) is 0 Å². The summed E-state index contributed by atoms with van der Waals surface area (Å²) < 4.78 is 4.67. The minimum absolute atomic E-state index is 0.330. The van der Waals surface area contributed by atoms with Gasteiger partial charge in [0, 0.05) is 19.3 Å². The van der Waals surface area contributed by atoms with E-state index in [4.69, 9.17) is 0 Å². The number of pyridine rings is 1. The largest absolute Gasteiger partial charge is 0.465 e. The van der Waals surface area contributed by atoms with E-state index in [1.54, 1.807) is 12.3 Å². The SMILES string of the molecule is CCC1CCCN(Cc2ccc(C(=O)OC)cn2)C1. The Morgan fingerprint density at radius 3 is 3.00 bits per heavy atom.